The molecule has 2 N–H and O–H groups in total. The predicted molar refractivity (Wildman–Crippen MR) is 82.7 cm³/mol. The molecular formula is C16H12ClF3N2O2. The van der Waals surface area contributed by atoms with Gasteiger partial charge in [0.05, 0.1) is 0 Å². The third-order valence-corrected chi connectivity index (χ3v) is 3.24. The lowest BCUT2D eigenvalue weighted by molar-refractivity contribution is -0.158. The maximum atomic E-state index is 13.1. The van der Waals surface area contributed by atoms with Gasteiger partial charge in [0.25, 0.3) is 11.8 Å². The number of nitrogens with one attached hydrogen (secondary N) is 2. The van der Waals surface area contributed by atoms with E-state index in [2.05, 4.69) is 0 Å². The molecule has 0 unspecified atom stereocenters. The Labute approximate surface area is 140 Å². The summed E-state index contributed by atoms with van der Waals surface area (Å²) in [5.41, 5.74) is -0.00513. The molecule has 2 aromatic carbocycles. The van der Waals surface area contributed by atoms with Gasteiger partial charge in [-0.1, -0.05) is 35.9 Å². The van der Waals surface area contributed by atoms with Gasteiger partial charge in [0, 0.05) is 16.1 Å². The van der Waals surface area contributed by atoms with Crippen LogP contribution in [0.25, 0.3) is 0 Å². The number of carbonyl (C=O) groups excluding carboxylic acids is 2. The lowest BCUT2D eigenvalue weighted by atomic mass is 10.2. The molecule has 4 nitrogen and oxygen atoms in total. The zero-order chi connectivity index (χ0) is 17.7. The topological polar surface area (TPSA) is 58.2 Å². The van der Waals surface area contributed by atoms with Gasteiger partial charge >= 0.3 is 6.18 Å². The summed E-state index contributed by atoms with van der Waals surface area (Å²) in [6, 6.07) is 12.8. The van der Waals surface area contributed by atoms with Crippen LogP contribution in [-0.4, -0.2) is 24.2 Å². The van der Waals surface area contributed by atoms with Crippen LogP contribution >= 0.6 is 11.6 Å². The molecule has 0 aliphatic rings. The van der Waals surface area contributed by atoms with E-state index in [0.717, 1.165) is 0 Å². The average Bonchev–Trinajstić information content (AvgIpc) is 2.54. The molecule has 8 heteroatoms. The van der Waals surface area contributed by atoms with Crippen molar-refractivity contribution in [2.75, 3.05) is 0 Å². The SMILES string of the molecule is O=C(N[C@@H](NC(=O)c1cccc(Cl)c1)C(F)(F)F)c1ccccc1. The molecule has 24 heavy (non-hydrogen) atoms. The Hall–Kier alpha value is -2.54. The first-order chi connectivity index (χ1) is 11.3. The van der Waals surface area contributed by atoms with E-state index in [1.165, 1.54) is 48.5 Å². The summed E-state index contributed by atoms with van der Waals surface area (Å²) in [4.78, 5) is 23.8. The molecule has 2 aromatic rings. The van der Waals surface area contributed by atoms with Gasteiger partial charge in [0.2, 0.25) is 0 Å². The van der Waals surface area contributed by atoms with Crippen molar-refractivity contribution in [3.8, 4) is 0 Å². The fourth-order valence-corrected chi connectivity index (χ4v) is 2.04. The van der Waals surface area contributed by atoms with Crippen LogP contribution in [0.15, 0.2) is 54.6 Å². The maximum Gasteiger partial charge on any atom is 0.427 e. The van der Waals surface area contributed by atoms with Crippen molar-refractivity contribution >= 4 is 23.4 Å². The summed E-state index contributed by atoms with van der Waals surface area (Å²) in [7, 11) is 0. The highest BCUT2D eigenvalue weighted by Gasteiger charge is 2.42. The van der Waals surface area contributed by atoms with Gasteiger partial charge in [0.1, 0.15) is 0 Å². The van der Waals surface area contributed by atoms with Crippen LogP contribution in [0.1, 0.15) is 20.7 Å². The van der Waals surface area contributed by atoms with Gasteiger partial charge in [0.15, 0.2) is 6.17 Å². The smallest absolute Gasteiger partial charge is 0.324 e. The molecule has 0 aliphatic carbocycles. The number of alkyl halides is 3. The largest absolute Gasteiger partial charge is 0.427 e. The third-order valence-electron chi connectivity index (χ3n) is 3.00. The third kappa shape index (κ3) is 4.73. The summed E-state index contributed by atoms with van der Waals surface area (Å²) in [5, 5.41) is 3.71. The van der Waals surface area contributed by atoms with E-state index in [4.69, 9.17) is 11.6 Å². The van der Waals surface area contributed by atoms with E-state index >= 15 is 0 Å². The van der Waals surface area contributed by atoms with Crippen molar-refractivity contribution in [1.29, 1.82) is 0 Å². The first-order valence-corrected chi connectivity index (χ1v) is 7.14. The fourth-order valence-electron chi connectivity index (χ4n) is 1.85. The number of carbonyl (C=O) groups is 2. The van der Waals surface area contributed by atoms with Crippen molar-refractivity contribution in [1.82, 2.24) is 10.6 Å². The number of hydrogen-bond acceptors (Lipinski definition) is 2. The van der Waals surface area contributed by atoms with Crippen LogP contribution < -0.4 is 10.6 Å². The normalized spacial score (nSPS) is 12.3. The Balaban J connectivity index is 2.14. The first-order valence-electron chi connectivity index (χ1n) is 6.76. The second-order valence-corrected chi connectivity index (χ2v) is 5.23. The van der Waals surface area contributed by atoms with E-state index in [9.17, 15) is 22.8 Å². The highest BCUT2D eigenvalue weighted by Crippen LogP contribution is 2.20. The predicted octanol–water partition coefficient (Wildman–Crippen LogP) is 3.39. The van der Waals surface area contributed by atoms with Crippen LogP contribution in [-0.2, 0) is 0 Å². The van der Waals surface area contributed by atoms with Crippen LogP contribution in [0.4, 0.5) is 13.2 Å². The summed E-state index contributed by atoms with van der Waals surface area (Å²) >= 11 is 5.71. The second kappa shape index (κ2) is 7.35. The first kappa shape index (κ1) is 17.8. The standard InChI is InChI=1S/C16H12ClF3N2O2/c17-12-8-4-7-11(9-12)14(24)22-15(16(18,19)20)21-13(23)10-5-2-1-3-6-10/h1-9,15H,(H,21,23)(H,22,24)/t15-/m0/s1. The number of amides is 2. The average molecular weight is 357 g/mol. The highest BCUT2D eigenvalue weighted by molar-refractivity contribution is 6.30. The zero-order valence-corrected chi connectivity index (χ0v) is 12.9. The van der Waals surface area contributed by atoms with Gasteiger partial charge in [-0.25, -0.2) is 0 Å². The van der Waals surface area contributed by atoms with Crippen LogP contribution in [0.5, 0.6) is 0 Å². The minimum Gasteiger partial charge on any atom is -0.324 e. The number of hydrogen-bond donors (Lipinski definition) is 2. The molecule has 2 rings (SSSR count). The minimum atomic E-state index is -4.86. The van der Waals surface area contributed by atoms with Crippen LogP contribution in [0.2, 0.25) is 5.02 Å². The molecule has 0 heterocycles. The van der Waals surface area contributed by atoms with Crippen molar-refractivity contribution in [2.45, 2.75) is 12.3 Å². The Kier molecular flexibility index (Phi) is 5.46. The molecule has 126 valence electrons. The highest BCUT2D eigenvalue weighted by atomic mass is 35.5. The number of rotatable bonds is 4. The van der Waals surface area contributed by atoms with Crippen LogP contribution in [0.3, 0.4) is 0 Å². The molecule has 0 bridgehead atoms. The van der Waals surface area contributed by atoms with E-state index in [1.54, 1.807) is 16.7 Å². The van der Waals surface area contributed by atoms with E-state index in [1.807, 2.05) is 0 Å². The Morgan fingerprint density at radius 1 is 0.875 bits per heavy atom. The van der Waals surface area contributed by atoms with E-state index in [0.29, 0.717) is 0 Å². The van der Waals surface area contributed by atoms with Crippen molar-refractivity contribution in [3.63, 3.8) is 0 Å². The molecule has 2 amide bonds. The van der Waals surface area contributed by atoms with Crippen LogP contribution in [0, 0.1) is 0 Å². The lowest BCUT2D eigenvalue weighted by Gasteiger charge is -2.22. The Morgan fingerprint density at radius 2 is 1.42 bits per heavy atom. The second-order valence-electron chi connectivity index (χ2n) is 4.80. The number of halogens is 4. The molecule has 0 aliphatic heterocycles. The molecule has 0 radical (unpaired) electrons. The molecule has 0 aromatic heterocycles. The fraction of sp³-hybridized carbons (Fsp3) is 0.125. The summed E-state index contributed by atoms with van der Waals surface area (Å²) in [6.45, 7) is 0. The van der Waals surface area contributed by atoms with Gasteiger partial charge in [-0.2, -0.15) is 13.2 Å². The maximum absolute atomic E-state index is 13.1. The zero-order valence-electron chi connectivity index (χ0n) is 12.1. The molecular weight excluding hydrogens is 345 g/mol. The monoisotopic (exact) mass is 356 g/mol. The molecule has 0 fully saturated rings. The van der Waals surface area contributed by atoms with Crippen molar-refractivity contribution < 1.29 is 22.8 Å². The van der Waals surface area contributed by atoms with E-state index < -0.39 is 24.2 Å². The molecule has 0 saturated carbocycles. The summed E-state index contributed by atoms with van der Waals surface area (Å²) in [5.74, 6) is -1.96. The molecule has 0 spiro atoms. The lowest BCUT2D eigenvalue weighted by Crippen LogP contribution is -2.56. The van der Waals surface area contributed by atoms with Gasteiger partial charge < -0.3 is 10.6 Å². The van der Waals surface area contributed by atoms with Crippen molar-refractivity contribution in [2.24, 2.45) is 0 Å². The Morgan fingerprint density at radius 3 is 1.96 bits per heavy atom. The molecule has 1 atom stereocenters. The van der Waals surface area contributed by atoms with Gasteiger partial charge in [-0.05, 0) is 30.3 Å². The van der Waals surface area contributed by atoms with E-state index in [-0.39, 0.29) is 16.1 Å². The van der Waals surface area contributed by atoms with Crippen molar-refractivity contribution in [3.05, 3.63) is 70.7 Å². The summed E-state index contributed by atoms with van der Waals surface area (Å²) < 4.78 is 39.3. The number of benzene rings is 2. The summed E-state index contributed by atoms with van der Waals surface area (Å²) in [6.07, 6.45) is -7.39. The van der Waals surface area contributed by atoms with Gasteiger partial charge in [-0.3, -0.25) is 9.59 Å². The van der Waals surface area contributed by atoms with Gasteiger partial charge in [-0.15, -0.1) is 0 Å². The molecule has 0 saturated heterocycles. The Bertz CT molecular complexity index is 736. The quantitative estimate of drug-likeness (QED) is 0.825. The minimum absolute atomic E-state index is 0.0451.